The topological polar surface area (TPSA) is 140 Å². The predicted molar refractivity (Wildman–Crippen MR) is 170 cm³/mol. The Morgan fingerprint density at radius 3 is 2.43 bits per heavy atom. The first-order valence-corrected chi connectivity index (χ1v) is 17.4. The molecule has 3 fully saturated rings. The number of aromatic nitrogens is 4. The van der Waals surface area contributed by atoms with Crippen LogP contribution in [-0.2, 0) is 21.7 Å². The summed E-state index contributed by atoms with van der Waals surface area (Å²) in [4.78, 5) is 21.2. The van der Waals surface area contributed by atoms with E-state index in [1.807, 2.05) is 0 Å². The first-order valence-electron chi connectivity index (χ1n) is 15.4. The molecule has 0 spiro atoms. The number of carbonyl (C=O) groups excluding carboxylic acids is 1. The number of carbonyl (C=O) groups is 1. The van der Waals surface area contributed by atoms with Gasteiger partial charge in [0.25, 0.3) is 0 Å². The molecule has 3 aliphatic rings. The van der Waals surface area contributed by atoms with E-state index in [-0.39, 0.29) is 51.5 Å². The Morgan fingerprint density at radius 2 is 1.77 bits per heavy atom. The van der Waals surface area contributed by atoms with Gasteiger partial charge in [0.15, 0.2) is 5.82 Å². The number of halogens is 1. The van der Waals surface area contributed by atoms with Gasteiger partial charge in [-0.1, -0.05) is 11.6 Å². The van der Waals surface area contributed by atoms with E-state index in [1.54, 1.807) is 27.1 Å². The number of anilines is 4. The molecule has 0 aliphatic heterocycles. The smallest absolute Gasteiger partial charge is 0.229 e. The van der Waals surface area contributed by atoms with Crippen molar-refractivity contribution in [3.05, 3.63) is 40.7 Å². The standard InChI is InChI=1S/C31H40ClN7O4S/c1-17(2)44(41,42)30-26(16-39(4)38-30)35-28-24(32)15-33-31(37-28)36-25-13-18(3)23(14-27(25)43-22-11-12-22)19-7-9-21(10-8-19)34-29(40)20-5-6-20/h13-17,19-22H,5-12H2,1-4H3,(H,34,40)(H2,33,35,36,37)/t19-,21-. The van der Waals surface area contributed by atoms with Crippen molar-refractivity contribution in [3.8, 4) is 5.75 Å². The average molecular weight is 642 g/mol. The van der Waals surface area contributed by atoms with Gasteiger partial charge in [0.1, 0.15) is 10.8 Å². The Balaban J connectivity index is 1.21. The molecule has 6 rings (SSSR count). The van der Waals surface area contributed by atoms with E-state index in [2.05, 4.69) is 50.1 Å². The molecule has 2 heterocycles. The Bertz CT molecular complexity index is 1660. The van der Waals surface area contributed by atoms with Crippen LogP contribution < -0.4 is 20.7 Å². The van der Waals surface area contributed by atoms with Crippen molar-refractivity contribution in [1.82, 2.24) is 25.1 Å². The molecule has 1 amide bonds. The number of sulfone groups is 1. The highest BCUT2D eigenvalue weighted by atomic mass is 35.5. The van der Waals surface area contributed by atoms with Crippen molar-refractivity contribution in [2.24, 2.45) is 13.0 Å². The molecule has 2 aromatic heterocycles. The minimum atomic E-state index is -3.65. The Kier molecular flexibility index (Phi) is 8.49. The molecule has 3 saturated carbocycles. The summed E-state index contributed by atoms with van der Waals surface area (Å²) in [7, 11) is -1.99. The number of hydrogen-bond acceptors (Lipinski definition) is 9. The van der Waals surface area contributed by atoms with Crippen molar-refractivity contribution in [1.29, 1.82) is 0 Å². The summed E-state index contributed by atoms with van der Waals surface area (Å²) in [6.45, 7) is 5.34. The lowest BCUT2D eigenvalue weighted by atomic mass is 9.80. The quantitative estimate of drug-likeness (QED) is 0.232. The van der Waals surface area contributed by atoms with E-state index in [1.165, 1.54) is 16.4 Å². The van der Waals surface area contributed by atoms with E-state index in [0.29, 0.717) is 5.92 Å². The van der Waals surface area contributed by atoms with E-state index in [9.17, 15) is 13.2 Å². The van der Waals surface area contributed by atoms with Gasteiger partial charge in [-0.3, -0.25) is 9.48 Å². The number of aryl methyl sites for hydroxylation is 2. The number of ether oxygens (including phenoxy) is 1. The summed E-state index contributed by atoms with van der Waals surface area (Å²) in [5.41, 5.74) is 3.45. The van der Waals surface area contributed by atoms with E-state index in [0.717, 1.165) is 68.4 Å². The predicted octanol–water partition coefficient (Wildman–Crippen LogP) is 5.93. The zero-order valence-electron chi connectivity index (χ0n) is 25.6. The summed E-state index contributed by atoms with van der Waals surface area (Å²) in [5.74, 6) is 2.16. The zero-order valence-corrected chi connectivity index (χ0v) is 27.1. The highest BCUT2D eigenvalue weighted by Crippen LogP contribution is 2.42. The summed E-state index contributed by atoms with van der Waals surface area (Å²) >= 11 is 6.44. The molecule has 3 N–H and O–H groups in total. The second kappa shape index (κ2) is 12.2. The van der Waals surface area contributed by atoms with Crippen LogP contribution in [-0.4, -0.2) is 51.5 Å². The minimum Gasteiger partial charge on any atom is -0.488 e. The van der Waals surface area contributed by atoms with Crippen LogP contribution in [0.5, 0.6) is 5.75 Å². The molecule has 0 radical (unpaired) electrons. The Hall–Kier alpha value is -3.38. The van der Waals surface area contributed by atoms with Crippen molar-refractivity contribution in [2.75, 3.05) is 10.6 Å². The maximum absolute atomic E-state index is 12.9. The lowest BCUT2D eigenvalue weighted by Gasteiger charge is -2.31. The van der Waals surface area contributed by atoms with Gasteiger partial charge in [-0.2, -0.15) is 10.1 Å². The van der Waals surface area contributed by atoms with Gasteiger partial charge in [-0.25, -0.2) is 13.4 Å². The van der Waals surface area contributed by atoms with Crippen LogP contribution in [0.3, 0.4) is 0 Å². The molecule has 0 unspecified atom stereocenters. The molecule has 0 bridgehead atoms. The van der Waals surface area contributed by atoms with Gasteiger partial charge in [-0.15, -0.1) is 0 Å². The highest BCUT2D eigenvalue weighted by Gasteiger charge is 2.33. The molecule has 0 saturated heterocycles. The number of hydrogen-bond donors (Lipinski definition) is 3. The number of amides is 1. The molecule has 0 atom stereocenters. The second-order valence-corrected chi connectivity index (χ2v) is 15.4. The third-order valence-corrected chi connectivity index (χ3v) is 10.9. The molecule has 3 aliphatic carbocycles. The normalized spacial score (nSPS) is 20.4. The largest absolute Gasteiger partial charge is 0.488 e. The van der Waals surface area contributed by atoms with Crippen LogP contribution in [0.15, 0.2) is 29.6 Å². The van der Waals surface area contributed by atoms with Crippen molar-refractivity contribution in [2.45, 2.75) is 100 Å². The lowest BCUT2D eigenvalue weighted by Crippen LogP contribution is -2.38. The van der Waals surface area contributed by atoms with Crippen LogP contribution in [0, 0.1) is 12.8 Å². The minimum absolute atomic E-state index is 0.0650. The van der Waals surface area contributed by atoms with Gasteiger partial charge in [0.2, 0.25) is 26.7 Å². The highest BCUT2D eigenvalue weighted by molar-refractivity contribution is 7.92. The Labute approximate surface area is 263 Å². The summed E-state index contributed by atoms with van der Waals surface area (Å²) < 4.78 is 33.6. The second-order valence-electron chi connectivity index (χ2n) is 12.6. The van der Waals surface area contributed by atoms with Crippen LogP contribution in [0.25, 0.3) is 0 Å². The van der Waals surface area contributed by atoms with Gasteiger partial charge in [0.05, 0.1) is 28.9 Å². The summed E-state index contributed by atoms with van der Waals surface area (Å²) in [6, 6.07) is 4.49. The average Bonchev–Trinajstić information content (AvgIpc) is 3.91. The maximum atomic E-state index is 12.9. The fraction of sp³-hybridized carbons (Fsp3) is 0.548. The molecule has 11 nitrogen and oxygen atoms in total. The third-order valence-electron chi connectivity index (χ3n) is 8.58. The van der Waals surface area contributed by atoms with Crippen molar-refractivity contribution in [3.63, 3.8) is 0 Å². The van der Waals surface area contributed by atoms with Crippen molar-refractivity contribution >= 4 is 50.5 Å². The monoisotopic (exact) mass is 641 g/mol. The molecule has 44 heavy (non-hydrogen) atoms. The van der Waals surface area contributed by atoms with E-state index in [4.69, 9.17) is 16.3 Å². The van der Waals surface area contributed by atoms with Crippen LogP contribution in [0.1, 0.15) is 82.3 Å². The third kappa shape index (κ3) is 6.81. The van der Waals surface area contributed by atoms with Crippen molar-refractivity contribution < 1.29 is 17.9 Å². The van der Waals surface area contributed by atoms with Gasteiger partial charge < -0.3 is 20.7 Å². The molecular formula is C31H40ClN7O4S. The molecule has 3 aromatic rings. The van der Waals surface area contributed by atoms with Crippen LogP contribution in [0.2, 0.25) is 5.02 Å². The van der Waals surface area contributed by atoms with Gasteiger partial charge in [0, 0.05) is 25.2 Å². The molecule has 13 heteroatoms. The van der Waals surface area contributed by atoms with Crippen LogP contribution in [0.4, 0.5) is 23.1 Å². The van der Waals surface area contributed by atoms with E-state index < -0.39 is 15.1 Å². The van der Waals surface area contributed by atoms with Gasteiger partial charge in [-0.05, 0) is 101 Å². The van der Waals surface area contributed by atoms with E-state index >= 15 is 0 Å². The zero-order chi connectivity index (χ0) is 31.2. The first-order chi connectivity index (χ1) is 21.0. The fourth-order valence-corrected chi connectivity index (χ4v) is 6.91. The molecule has 1 aromatic carbocycles. The molecular weight excluding hydrogens is 602 g/mol. The molecule has 236 valence electrons. The number of rotatable bonds is 11. The maximum Gasteiger partial charge on any atom is 0.229 e. The lowest BCUT2D eigenvalue weighted by molar-refractivity contribution is -0.123. The number of benzene rings is 1. The van der Waals surface area contributed by atoms with Crippen LogP contribution >= 0.6 is 11.6 Å². The SMILES string of the molecule is Cc1cc(Nc2ncc(Cl)c(Nc3cn(C)nc3S(=O)(=O)C(C)C)n2)c(OC2CC2)cc1[C@H]1CC[C@H](NC(=O)C2CC2)CC1. The summed E-state index contributed by atoms with van der Waals surface area (Å²) in [6.07, 6.45) is 11.3. The Morgan fingerprint density at radius 1 is 1.05 bits per heavy atom. The fourth-order valence-electron chi connectivity index (χ4n) is 5.67. The van der Waals surface area contributed by atoms with Gasteiger partial charge >= 0.3 is 0 Å². The number of nitrogens with one attached hydrogen (secondary N) is 3. The first kappa shape index (κ1) is 30.6. The number of nitrogens with zero attached hydrogens (tertiary/aromatic N) is 4. The summed E-state index contributed by atoms with van der Waals surface area (Å²) in [5, 5.41) is 13.3.